The van der Waals surface area contributed by atoms with Gasteiger partial charge >= 0.3 is 0 Å². The molecular weight excluding hydrogens is 258 g/mol. The number of hydrogen-bond acceptors (Lipinski definition) is 2. The van der Waals surface area contributed by atoms with Gasteiger partial charge in [0.2, 0.25) is 0 Å². The van der Waals surface area contributed by atoms with Crippen LogP contribution in [0.3, 0.4) is 0 Å². The van der Waals surface area contributed by atoms with Crippen molar-refractivity contribution in [3.05, 3.63) is 40.2 Å². The molecule has 2 N–H and O–H groups in total. The smallest absolute Gasteiger partial charge is 0.0675 e. The Hall–Kier alpha value is -1.32. The molecule has 3 nitrogen and oxygen atoms in total. The van der Waals surface area contributed by atoms with Crippen molar-refractivity contribution in [2.24, 2.45) is 5.73 Å². The van der Waals surface area contributed by atoms with Gasteiger partial charge in [0.1, 0.15) is 0 Å². The first-order valence-electron chi connectivity index (χ1n) is 6.61. The number of rotatable bonds is 4. The van der Waals surface area contributed by atoms with Gasteiger partial charge in [0.15, 0.2) is 0 Å². The predicted molar refractivity (Wildman–Crippen MR) is 80.3 cm³/mol. The average Bonchev–Trinajstić information content (AvgIpc) is 2.66. The fourth-order valence-electron chi connectivity index (χ4n) is 2.40. The molecule has 0 bridgehead atoms. The molecule has 0 aliphatic carbocycles. The Morgan fingerprint density at radius 2 is 2.05 bits per heavy atom. The molecule has 102 valence electrons. The average molecular weight is 278 g/mol. The zero-order valence-corrected chi connectivity index (χ0v) is 12.5. The van der Waals surface area contributed by atoms with Crippen molar-refractivity contribution in [2.45, 2.75) is 40.3 Å². The second-order valence-electron chi connectivity index (χ2n) is 4.79. The lowest BCUT2D eigenvalue weighted by Gasteiger charge is -2.08. The number of benzene rings is 1. The van der Waals surface area contributed by atoms with E-state index in [1.54, 1.807) is 0 Å². The summed E-state index contributed by atoms with van der Waals surface area (Å²) in [6.07, 6.45) is 1.07. The molecule has 4 heteroatoms. The fraction of sp³-hybridized carbons (Fsp3) is 0.400. The SMILES string of the molecule is CCCn1nc(C)c(-c2ccc(CN)cc2Cl)c1C. The number of hydrogen-bond donors (Lipinski definition) is 1. The van der Waals surface area contributed by atoms with E-state index in [1.807, 2.05) is 25.1 Å². The first-order valence-corrected chi connectivity index (χ1v) is 6.99. The Kier molecular flexibility index (Phi) is 4.27. The van der Waals surface area contributed by atoms with Crippen LogP contribution >= 0.6 is 11.6 Å². The van der Waals surface area contributed by atoms with Gasteiger partial charge in [-0.3, -0.25) is 4.68 Å². The van der Waals surface area contributed by atoms with Crippen LogP contribution in [0.25, 0.3) is 11.1 Å². The van der Waals surface area contributed by atoms with Crippen LogP contribution in [-0.2, 0) is 13.1 Å². The summed E-state index contributed by atoms with van der Waals surface area (Å²) < 4.78 is 2.05. The molecule has 1 aromatic heterocycles. The molecule has 1 aromatic carbocycles. The highest BCUT2D eigenvalue weighted by Crippen LogP contribution is 2.33. The van der Waals surface area contributed by atoms with Crippen LogP contribution < -0.4 is 5.73 Å². The van der Waals surface area contributed by atoms with E-state index in [-0.39, 0.29) is 0 Å². The lowest BCUT2D eigenvalue weighted by atomic mass is 10.0. The van der Waals surface area contributed by atoms with E-state index in [2.05, 4.69) is 23.6 Å². The van der Waals surface area contributed by atoms with Crippen molar-refractivity contribution >= 4 is 11.6 Å². The van der Waals surface area contributed by atoms with Crippen LogP contribution in [0.2, 0.25) is 5.02 Å². The summed E-state index contributed by atoms with van der Waals surface area (Å²) in [7, 11) is 0. The molecule has 0 spiro atoms. The maximum Gasteiger partial charge on any atom is 0.0675 e. The highest BCUT2D eigenvalue weighted by Gasteiger charge is 2.15. The molecule has 1 heterocycles. The van der Waals surface area contributed by atoms with E-state index in [0.29, 0.717) is 6.54 Å². The molecule has 0 aliphatic rings. The Bertz CT molecular complexity index is 587. The molecule has 0 amide bonds. The van der Waals surface area contributed by atoms with Gasteiger partial charge in [-0.2, -0.15) is 5.10 Å². The topological polar surface area (TPSA) is 43.8 Å². The van der Waals surface area contributed by atoms with Crippen LogP contribution in [0.15, 0.2) is 18.2 Å². The molecule has 0 saturated carbocycles. The second kappa shape index (κ2) is 5.76. The maximum atomic E-state index is 6.38. The monoisotopic (exact) mass is 277 g/mol. The number of nitrogens with two attached hydrogens (primary N) is 1. The third-order valence-electron chi connectivity index (χ3n) is 3.36. The van der Waals surface area contributed by atoms with Gasteiger partial charge in [-0.25, -0.2) is 0 Å². The molecule has 2 rings (SSSR count). The maximum absolute atomic E-state index is 6.38. The number of nitrogens with zero attached hydrogens (tertiary/aromatic N) is 2. The van der Waals surface area contributed by atoms with E-state index in [9.17, 15) is 0 Å². The normalized spacial score (nSPS) is 11.0. The summed E-state index contributed by atoms with van der Waals surface area (Å²) in [5.74, 6) is 0. The Morgan fingerprint density at radius 3 is 2.63 bits per heavy atom. The minimum atomic E-state index is 0.507. The van der Waals surface area contributed by atoms with Crippen LogP contribution in [0, 0.1) is 13.8 Å². The summed E-state index contributed by atoms with van der Waals surface area (Å²) >= 11 is 6.38. The molecule has 19 heavy (non-hydrogen) atoms. The van der Waals surface area contributed by atoms with Gasteiger partial charge in [0.25, 0.3) is 0 Å². The molecule has 0 saturated heterocycles. The van der Waals surface area contributed by atoms with E-state index >= 15 is 0 Å². The van der Waals surface area contributed by atoms with E-state index < -0.39 is 0 Å². The second-order valence-corrected chi connectivity index (χ2v) is 5.19. The van der Waals surface area contributed by atoms with Gasteiger partial charge in [0.05, 0.1) is 5.69 Å². The molecule has 0 radical (unpaired) electrons. The minimum absolute atomic E-state index is 0.507. The van der Waals surface area contributed by atoms with Crippen molar-refractivity contribution in [1.29, 1.82) is 0 Å². The summed E-state index contributed by atoms with van der Waals surface area (Å²) in [6, 6.07) is 6.00. The standard InChI is InChI=1S/C15H20ClN3/c1-4-7-19-11(3)15(10(2)18-19)13-6-5-12(9-17)8-14(13)16/h5-6,8H,4,7,9,17H2,1-3H3. The molecule has 0 atom stereocenters. The summed E-state index contributed by atoms with van der Waals surface area (Å²) in [5, 5.41) is 5.33. The van der Waals surface area contributed by atoms with E-state index in [4.69, 9.17) is 17.3 Å². The predicted octanol–water partition coefficient (Wildman–Crippen LogP) is 3.69. The molecule has 2 aromatic rings. The Balaban J connectivity index is 2.52. The van der Waals surface area contributed by atoms with Crippen molar-refractivity contribution in [3.8, 4) is 11.1 Å². The minimum Gasteiger partial charge on any atom is -0.326 e. The highest BCUT2D eigenvalue weighted by molar-refractivity contribution is 6.33. The van der Waals surface area contributed by atoms with Crippen molar-refractivity contribution in [1.82, 2.24) is 9.78 Å². The van der Waals surface area contributed by atoms with Crippen LogP contribution in [0.5, 0.6) is 0 Å². The lowest BCUT2D eigenvalue weighted by Crippen LogP contribution is -2.01. The highest BCUT2D eigenvalue weighted by atomic mass is 35.5. The van der Waals surface area contributed by atoms with Crippen molar-refractivity contribution < 1.29 is 0 Å². The quantitative estimate of drug-likeness (QED) is 0.926. The third kappa shape index (κ3) is 2.67. The van der Waals surface area contributed by atoms with Crippen molar-refractivity contribution in [3.63, 3.8) is 0 Å². The Morgan fingerprint density at radius 1 is 1.32 bits per heavy atom. The molecule has 0 unspecified atom stereocenters. The lowest BCUT2D eigenvalue weighted by molar-refractivity contribution is 0.583. The van der Waals surface area contributed by atoms with Gasteiger partial charge in [0, 0.05) is 34.9 Å². The largest absolute Gasteiger partial charge is 0.326 e. The van der Waals surface area contributed by atoms with E-state index in [1.165, 1.54) is 5.69 Å². The summed E-state index contributed by atoms with van der Waals surface area (Å²) in [6.45, 7) is 7.72. The van der Waals surface area contributed by atoms with Crippen LogP contribution in [0.4, 0.5) is 0 Å². The number of aromatic nitrogens is 2. The molecular formula is C15H20ClN3. The number of aryl methyl sites for hydroxylation is 2. The van der Waals surface area contributed by atoms with Gasteiger partial charge in [-0.05, 0) is 31.9 Å². The first-order chi connectivity index (χ1) is 9.08. The van der Waals surface area contributed by atoms with Gasteiger partial charge in [-0.1, -0.05) is 30.7 Å². The third-order valence-corrected chi connectivity index (χ3v) is 3.67. The van der Waals surface area contributed by atoms with E-state index in [0.717, 1.165) is 40.4 Å². The van der Waals surface area contributed by atoms with Crippen LogP contribution in [0.1, 0.15) is 30.3 Å². The molecule has 0 fully saturated rings. The van der Waals surface area contributed by atoms with Gasteiger partial charge in [-0.15, -0.1) is 0 Å². The summed E-state index contributed by atoms with van der Waals surface area (Å²) in [4.78, 5) is 0. The van der Waals surface area contributed by atoms with Crippen LogP contribution in [-0.4, -0.2) is 9.78 Å². The number of halogens is 1. The van der Waals surface area contributed by atoms with Gasteiger partial charge < -0.3 is 5.73 Å². The first kappa shape index (κ1) is 14.1. The zero-order chi connectivity index (χ0) is 14.0. The summed E-state index contributed by atoms with van der Waals surface area (Å²) in [5.41, 5.74) is 11.1. The zero-order valence-electron chi connectivity index (χ0n) is 11.7. The fourth-order valence-corrected chi connectivity index (χ4v) is 2.70. The Labute approximate surface area is 119 Å². The molecule has 0 aliphatic heterocycles. The van der Waals surface area contributed by atoms with Crippen molar-refractivity contribution in [2.75, 3.05) is 0 Å².